The van der Waals surface area contributed by atoms with Gasteiger partial charge in [0.05, 0.1) is 11.0 Å². The second-order valence-electron chi connectivity index (χ2n) is 11.9. The normalized spacial score (nSPS) is 13.7. The van der Waals surface area contributed by atoms with Gasteiger partial charge in [-0.05, 0) is 82.1 Å². The minimum atomic E-state index is -0.0110. The Bertz CT molecular complexity index is 1520. The molecule has 7 nitrogen and oxygen atoms in total. The Kier molecular flexibility index (Phi) is 11.2. The number of anilines is 2. The van der Waals surface area contributed by atoms with Crippen LogP contribution in [0.15, 0.2) is 72.8 Å². The summed E-state index contributed by atoms with van der Waals surface area (Å²) in [5.41, 5.74) is 4.62. The molecule has 44 heavy (non-hydrogen) atoms. The number of carbonyl (C=O) groups is 2. The van der Waals surface area contributed by atoms with E-state index in [0.717, 1.165) is 81.0 Å². The van der Waals surface area contributed by atoms with Gasteiger partial charge in [-0.25, -0.2) is 4.98 Å². The van der Waals surface area contributed by atoms with Gasteiger partial charge in [-0.1, -0.05) is 75.6 Å². The van der Waals surface area contributed by atoms with Gasteiger partial charge in [0.15, 0.2) is 5.78 Å². The van der Waals surface area contributed by atoms with Crippen molar-refractivity contribution in [2.24, 2.45) is 0 Å². The van der Waals surface area contributed by atoms with E-state index in [4.69, 9.17) is 4.98 Å². The third-order valence-electron chi connectivity index (χ3n) is 8.57. The van der Waals surface area contributed by atoms with Gasteiger partial charge in [0.1, 0.15) is 0 Å². The third-order valence-corrected chi connectivity index (χ3v) is 8.57. The smallest absolute Gasteiger partial charge is 0.253 e. The lowest BCUT2D eigenvalue weighted by Gasteiger charge is -2.26. The van der Waals surface area contributed by atoms with Gasteiger partial charge in [0, 0.05) is 42.0 Å². The summed E-state index contributed by atoms with van der Waals surface area (Å²) < 4.78 is 2.21. The molecule has 1 saturated heterocycles. The number of hydrogen-bond donors (Lipinski definition) is 1. The number of piperidine rings is 1. The van der Waals surface area contributed by atoms with Crippen LogP contribution in [0.1, 0.15) is 91.5 Å². The second-order valence-corrected chi connectivity index (χ2v) is 11.9. The van der Waals surface area contributed by atoms with Crippen LogP contribution < -0.4 is 5.32 Å². The highest BCUT2D eigenvalue weighted by atomic mass is 16.2. The number of unbranched alkanes of at least 4 members (excludes halogenated alkanes) is 2. The van der Waals surface area contributed by atoms with E-state index in [-0.39, 0.29) is 11.7 Å². The van der Waals surface area contributed by atoms with Crippen LogP contribution in [-0.2, 0) is 6.54 Å². The summed E-state index contributed by atoms with van der Waals surface area (Å²) in [5.74, 6) is 0.806. The van der Waals surface area contributed by atoms with E-state index in [2.05, 4.69) is 28.6 Å². The largest absolute Gasteiger partial charge is 0.339 e. The lowest BCUT2D eigenvalue weighted by atomic mass is 10.0. The fourth-order valence-corrected chi connectivity index (χ4v) is 6.03. The molecule has 0 radical (unpaired) electrons. The summed E-state index contributed by atoms with van der Waals surface area (Å²) in [7, 11) is 0. The van der Waals surface area contributed by atoms with Crippen molar-refractivity contribution in [3.05, 3.63) is 89.5 Å². The van der Waals surface area contributed by atoms with Crippen LogP contribution in [-0.4, -0.2) is 63.8 Å². The molecule has 5 rings (SSSR count). The second kappa shape index (κ2) is 15.7. The van der Waals surface area contributed by atoms with Crippen molar-refractivity contribution in [1.82, 2.24) is 19.4 Å². The van der Waals surface area contributed by atoms with Gasteiger partial charge in [-0.15, -0.1) is 0 Å². The van der Waals surface area contributed by atoms with E-state index in [9.17, 15) is 9.59 Å². The maximum absolute atomic E-state index is 13.7. The predicted molar refractivity (Wildman–Crippen MR) is 180 cm³/mol. The van der Waals surface area contributed by atoms with Crippen LogP contribution in [0.2, 0.25) is 0 Å². The van der Waals surface area contributed by atoms with E-state index in [1.807, 2.05) is 77.7 Å². The van der Waals surface area contributed by atoms with Crippen molar-refractivity contribution in [2.45, 2.75) is 71.8 Å². The number of amides is 1. The molecular formula is C37H47N5O2. The molecule has 1 aromatic heterocycles. The fraction of sp³-hybridized carbons (Fsp3) is 0.432. The van der Waals surface area contributed by atoms with Crippen LogP contribution in [0, 0.1) is 0 Å². The van der Waals surface area contributed by atoms with Gasteiger partial charge in [-0.3, -0.25) is 9.59 Å². The zero-order valence-electron chi connectivity index (χ0n) is 26.4. The number of aromatic nitrogens is 2. The quantitative estimate of drug-likeness (QED) is 0.142. The van der Waals surface area contributed by atoms with Crippen LogP contribution >= 0.6 is 0 Å². The Morgan fingerprint density at radius 3 is 2.23 bits per heavy atom. The summed E-state index contributed by atoms with van der Waals surface area (Å²) in [6, 6.07) is 22.9. The molecular weight excluding hydrogens is 546 g/mol. The van der Waals surface area contributed by atoms with Gasteiger partial charge in [-0.2, -0.15) is 0 Å². The molecule has 0 unspecified atom stereocenters. The summed E-state index contributed by atoms with van der Waals surface area (Å²) in [6.45, 7) is 10.1. The van der Waals surface area contributed by atoms with E-state index in [1.165, 1.54) is 32.4 Å². The number of carbonyl (C=O) groups excluding carboxylic acids is 2. The minimum Gasteiger partial charge on any atom is -0.339 e. The first kappa shape index (κ1) is 31.5. The fourth-order valence-electron chi connectivity index (χ4n) is 6.03. The lowest BCUT2D eigenvalue weighted by Crippen LogP contribution is -2.33. The van der Waals surface area contributed by atoms with Gasteiger partial charge < -0.3 is 19.7 Å². The van der Waals surface area contributed by atoms with Crippen molar-refractivity contribution in [3.63, 3.8) is 0 Å². The van der Waals surface area contributed by atoms with Crippen molar-refractivity contribution < 1.29 is 9.59 Å². The highest BCUT2D eigenvalue weighted by Crippen LogP contribution is 2.26. The minimum absolute atomic E-state index is 0.0110. The van der Waals surface area contributed by atoms with Crippen LogP contribution in [0.3, 0.4) is 0 Å². The number of imidazole rings is 1. The molecule has 0 aliphatic carbocycles. The lowest BCUT2D eigenvalue weighted by molar-refractivity contribution is 0.0751. The van der Waals surface area contributed by atoms with Crippen molar-refractivity contribution in [1.29, 1.82) is 0 Å². The van der Waals surface area contributed by atoms with E-state index >= 15 is 0 Å². The monoisotopic (exact) mass is 593 g/mol. The molecule has 232 valence electrons. The van der Waals surface area contributed by atoms with Crippen molar-refractivity contribution >= 4 is 34.4 Å². The Labute approximate surface area is 262 Å². The van der Waals surface area contributed by atoms with Gasteiger partial charge >= 0.3 is 0 Å². The highest BCUT2D eigenvalue weighted by Gasteiger charge is 2.19. The molecule has 1 aliphatic heterocycles. The molecule has 1 fully saturated rings. The number of likely N-dealkylation sites (tertiary alicyclic amines) is 1. The molecule has 0 atom stereocenters. The summed E-state index contributed by atoms with van der Waals surface area (Å²) in [5, 5.41) is 3.52. The Hall–Kier alpha value is -3.97. The average molecular weight is 594 g/mol. The molecule has 1 aliphatic rings. The molecule has 2 heterocycles. The number of ketones is 1. The number of hydrogen-bond acceptors (Lipinski definition) is 5. The van der Waals surface area contributed by atoms with Gasteiger partial charge in [0.25, 0.3) is 5.91 Å². The van der Waals surface area contributed by atoms with Crippen LogP contribution in [0.5, 0.6) is 0 Å². The first-order chi connectivity index (χ1) is 21.6. The molecule has 0 saturated carbocycles. The molecule has 7 heteroatoms. The van der Waals surface area contributed by atoms with Crippen LogP contribution in [0.4, 0.5) is 11.6 Å². The zero-order valence-corrected chi connectivity index (χ0v) is 26.4. The summed E-state index contributed by atoms with van der Waals surface area (Å²) >= 11 is 0. The van der Waals surface area contributed by atoms with E-state index in [0.29, 0.717) is 16.7 Å². The van der Waals surface area contributed by atoms with Gasteiger partial charge in [0.2, 0.25) is 5.95 Å². The van der Waals surface area contributed by atoms with Crippen LogP contribution in [0.25, 0.3) is 11.0 Å². The number of fused-ring (bicyclic) bond motifs is 1. The van der Waals surface area contributed by atoms with E-state index < -0.39 is 0 Å². The molecule has 3 aromatic carbocycles. The highest BCUT2D eigenvalue weighted by molar-refractivity contribution is 6.09. The Balaban J connectivity index is 1.43. The standard InChI is InChI=1S/C37H47N5O2/c1-3-5-24-41(25-6-4-2)36(44)31-19-20-33-34(28-31)42(26-14-23-40-21-11-8-12-22-40)37(39-33)38-32-18-13-17-30(27-32)35(43)29-15-9-7-10-16-29/h7,9-10,13,15-20,27-28H,3-6,8,11-12,14,21-26H2,1-2H3,(H,38,39). The number of nitrogens with zero attached hydrogens (tertiary/aromatic N) is 4. The molecule has 4 aromatic rings. The summed E-state index contributed by atoms with van der Waals surface area (Å²) in [4.78, 5) is 36.4. The maximum atomic E-state index is 13.7. The third kappa shape index (κ3) is 7.94. The number of benzene rings is 3. The average Bonchev–Trinajstić information content (AvgIpc) is 3.41. The first-order valence-electron chi connectivity index (χ1n) is 16.6. The predicted octanol–water partition coefficient (Wildman–Crippen LogP) is 7.93. The maximum Gasteiger partial charge on any atom is 0.253 e. The summed E-state index contributed by atoms with van der Waals surface area (Å²) in [6.07, 6.45) is 9.00. The number of aryl methyl sites for hydroxylation is 1. The number of rotatable bonds is 15. The molecule has 1 N–H and O–H groups in total. The Morgan fingerprint density at radius 1 is 0.773 bits per heavy atom. The first-order valence-corrected chi connectivity index (χ1v) is 16.6. The number of nitrogens with one attached hydrogen (secondary N) is 1. The SMILES string of the molecule is CCCCN(CCCC)C(=O)c1ccc2nc(Nc3cccc(C(=O)c4ccccc4)c3)n(CCCN3CCCCC3)c2c1. The Morgan fingerprint density at radius 2 is 1.50 bits per heavy atom. The van der Waals surface area contributed by atoms with Crippen molar-refractivity contribution in [2.75, 3.05) is 38.0 Å². The molecule has 0 spiro atoms. The zero-order chi connectivity index (χ0) is 30.7. The van der Waals surface area contributed by atoms with E-state index in [1.54, 1.807) is 0 Å². The molecule has 0 bridgehead atoms. The molecule has 1 amide bonds. The topological polar surface area (TPSA) is 70.5 Å². The van der Waals surface area contributed by atoms with Crippen molar-refractivity contribution in [3.8, 4) is 0 Å².